The zero-order valence-corrected chi connectivity index (χ0v) is 16.1. The topological polar surface area (TPSA) is 81.1 Å². The van der Waals surface area contributed by atoms with E-state index in [1.165, 1.54) is 22.9 Å². The number of rotatable bonds is 3. The van der Waals surface area contributed by atoms with Crippen molar-refractivity contribution in [3.05, 3.63) is 65.0 Å². The minimum atomic E-state index is -1.82. The Balaban J connectivity index is 0.000000409. The third kappa shape index (κ3) is 6.06. The minimum Gasteiger partial charge on any atom is -0.473 e. The van der Waals surface area contributed by atoms with Crippen molar-refractivity contribution in [1.29, 1.82) is 0 Å². The molecule has 0 amide bonds. The molecule has 28 heavy (non-hydrogen) atoms. The van der Waals surface area contributed by atoms with Crippen molar-refractivity contribution in [2.75, 3.05) is 31.1 Å². The molecule has 2 N–H and O–H groups in total. The highest BCUT2D eigenvalue weighted by molar-refractivity contribution is 6.27. The molecule has 7 heteroatoms. The van der Waals surface area contributed by atoms with Crippen LogP contribution < -0.4 is 4.90 Å². The van der Waals surface area contributed by atoms with E-state index in [4.69, 9.17) is 19.8 Å². The molecule has 0 saturated carbocycles. The molecule has 1 fully saturated rings. The highest BCUT2D eigenvalue weighted by atomic mass is 19.1. The second-order valence-electron chi connectivity index (χ2n) is 6.72. The Hall–Kier alpha value is -2.93. The summed E-state index contributed by atoms with van der Waals surface area (Å²) < 4.78 is 13.3. The molecule has 150 valence electrons. The Morgan fingerprint density at radius 1 is 0.964 bits per heavy atom. The Kier molecular flexibility index (Phi) is 7.52. The summed E-state index contributed by atoms with van der Waals surface area (Å²) in [4.78, 5) is 23.1. The highest BCUT2D eigenvalue weighted by Crippen LogP contribution is 2.24. The van der Waals surface area contributed by atoms with Crippen molar-refractivity contribution in [2.45, 2.75) is 20.4 Å². The first-order valence-corrected chi connectivity index (χ1v) is 9.02. The lowest BCUT2D eigenvalue weighted by molar-refractivity contribution is -0.159. The van der Waals surface area contributed by atoms with Crippen LogP contribution in [0.4, 0.5) is 10.1 Å². The molecular weight excluding hydrogens is 363 g/mol. The number of carboxylic acids is 2. The number of aryl methyl sites for hydroxylation is 1. The fourth-order valence-electron chi connectivity index (χ4n) is 3.12. The van der Waals surface area contributed by atoms with Gasteiger partial charge in [0.2, 0.25) is 0 Å². The lowest BCUT2D eigenvalue weighted by Gasteiger charge is -2.37. The van der Waals surface area contributed by atoms with Gasteiger partial charge in [-0.2, -0.15) is 0 Å². The summed E-state index contributed by atoms with van der Waals surface area (Å²) in [5.74, 6) is -3.79. The van der Waals surface area contributed by atoms with Crippen LogP contribution in [0.3, 0.4) is 0 Å². The predicted molar refractivity (Wildman–Crippen MR) is 105 cm³/mol. The number of carbonyl (C=O) groups is 2. The molecule has 1 saturated heterocycles. The van der Waals surface area contributed by atoms with Gasteiger partial charge < -0.3 is 15.1 Å². The van der Waals surface area contributed by atoms with E-state index in [1.54, 1.807) is 12.1 Å². The normalized spacial score (nSPS) is 14.2. The van der Waals surface area contributed by atoms with Gasteiger partial charge in [0.1, 0.15) is 5.82 Å². The quantitative estimate of drug-likeness (QED) is 0.787. The van der Waals surface area contributed by atoms with Gasteiger partial charge >= 0.3 is 11.9 Å². The second-order valence-corrected chi connectivity index (χ2v) is 6.72. The first kappa shape index (κ1) is 21.4. The van der Waals surface area contributed by atoms with E-state index in [0.29, 0.717) is 0 Å². The molecular formula is C21H25FN2O4. The highest BCUT2D eigenvalue weighted by Gasteiger charge is 2.18. The maximum absolute atomic E-state index is 13.3. The lowest BCUT2D eigenvalue weighted by Crippen LogP contribution is -2.46. The number of hydrogen-bond acceptors (Lipinski definition) is 4. The summed E-state index contributed by atoms with van der Waals surface area (Å²) in [6.07, 6.45) is 0. The van der Waals surface area contributed by atoms with Crippen molar-refractivity contribution in [2.24, 2.45) is 0 Å². The van der Waals surface area contributed by atoms with Gasteiger partial charge in [-0.1, -0.05) is 24.3 Å². The number of benzene rings is 2. The van der Waals surface area contributed by atoms with Crippen molar-refractivity contribution in [1.82, 2.24) is 4.90 Å². The molecule has 1 aliphatic heterocycles. The molecule has 0 atom stereocenters. The van der Waals surface area contributed by atoms with Crippen LogP contribution in [-0.2, 0) is 16.1 Å². The standard InChI is InChI=1S/C19H23FN2.C2H2O4/c1-15-5-3-8-19(16(15)2)22-11-9-21(10-12-22)14-17-6-4-7-18(20)13-17;3-1(4)2(5)6/h3-8,13H,9-12,14H2,1-2H3;(H,3,4)(H,5,6). The summed E-state index contributed by atoms with van der Waals surface area (Å²) >= 11 is 0. The second kappa shape index (κ2) is 9.85. The number of halogens is 1. The zero-order chi connectivity index (χ0) is 20.7. The molecule has 0 bridgehead atoms. The van der Waals surface area contributed by atoms with Gasteiger partial charge in [-0.25, -0.2) is 14.0 Å². The summed E-state index contributed by atoms with van der Waals surface area (Å²) in [5.41, 5.74) is 5.13. The molecule has 0 radical (unpaired) electrons. The van der Waals surface area contributed by atoms with E-state index in [9.17, 15) is 4.39 Å². The largest absolute Gasteiger partial charge is 0.473 e. The third-order valence-electron chi connectivity index (χ3n) is 4.77. The van der Waals surface area contributed by atoms with Crippen LogP contribution in [0.2, 0.25) is 0 Å². The number of aliphatic carboxylic acids is 2. The first-order chi connectivity index (χ1) is 13.3. The van der Waals surface area contributed by atoms with Crippen molar-refractivity contribution < 1.29 is 24.2 Å². The monoisotopic (exact) mass is 388 g/mol. The molecule has 2 aromatic carbocycles. The van der Waals surface area contributed by atoms with Crippen molar-refractivity contribution in [3.8, 4) is 0 Å². The summed E-state index contributed by atoms with van der Waals surface area (Å²) in [6, 6.07) is 13.4. The molecule has 2 aromatic rings. The third-order valence-corrected chi connectivity index (χ3v) is 4.77. The fraction of sp³-hybridized carbons (Fsp3) is 0.333. The van der Waals surface area contributed by atoms with E-state index in [1.807, 2.05) is 6.07 Å². The molecule has 0 aromatic heterocycles. The first-order valence-electron chi connectivity index (χ1n) is 9.02. The minimum absolute atomic E-state index is 0.147. The van der Waals surface area contributed by atoms with Crippen LogP contribution in [0.5, 0.6) is 0 Å². The number of anilines is 1. The summed E-state index contributed by atoms with van der Waals surface area (Å²) in [5, 5.41) is 14.8. The number of carboxylic acid groups (broad SMARTS) is 2. The van der Waals surface area contributed by atoms with E-state index in [0.717, 1.165) is 38.3 Å². The van der Waals surface area contributed by atoms with Crippen LogP contribution in [0.25, 0.3) is 0 Å². The number of hydrogen-bond donors (Lipinski definition) is 2. The van der Waals surface area contributed by atoms with E-state index in [-0.39, 0.29) is 5.82 Å². The molecule has 3 rings (SSSR count). The van der Waals surface area contributed by atoms with Crippen LogP contribution in [0, 0.1) is 19.7 Å². The van der Waals surface area contributed by atoms with E-state index < -0.39 is 11.9 Å². The van der Waals surface area contributed by atoms with Crippen LogP contribution in [0.15, 0.2) is 42.5 Å². The molecule has 0 aliphatic carbocycles. The van der Waals surface area contributed by atoms with Crippen LogP contribution >= 0.6 is 0 Å². The van der Waals surface area contributed by atoms with Gasteiger partial charge in [0, 0.05) is 38.4 Å². The Bertz CT molecular complexity index is 821. The maximum atomic E-state index is 13.3. The lowest BCUT2D eigenvalue weighted by atomic mass is 10.1. The van der Waals surface area contributed by atoms with E-state index in [2.05, 4.69) is 41.8 Å². The number of piperazine rings is 1. The van der Waals surface area contributed by atoms with Gasteiger partial charge in [-0.15, -0.1) is 0 Å². The zero-order valence-electron chi connectivity index (χ0n) is 16.1. The van der Waals surface area contributed by atoms with Gasteiger partial charge in [0.15, 0.2) is 0 Å². The SMILES string of the molecule is Cc1cccc(N2CCN(Cc3cccc(F)c3)CC2)c1C.O=C(O)C(=O)O. The van der Waals surface area contributed by atoms with E-state index >= 15 is 0 Å². The molecule has 1 heterocycles. The van der Waals surface area contributed by atoms with Gasteiger partial charge in [0.25, 0.3) is 0 Å². The fourth-order valence-corrected chi connectivity index (χ4v) is 3.12. The predicted octanol–water partition coefficient (Wildman–Crippen LogP) is 2.92. The number of nitrogens with zero attached hydrogens (tertiary/aromatic N) is 2. The van der Waals surface area contributed by atoms with Gasteiger partial charge in [-0.05, 0) is 48.7 Å². The van der Waals surface area contributed by atoms with Crippen LogP contribution in [0.1, 0.15) is 16.7 Å². The smallest absolute Gasteiger partial charge is 0.414 e. The maximum Gasteiger partial charge on any atom is 0.414 e. The van der Waals surface area contributed by atoms with Crippen molar-refractivity contribution in [3.63, 3.8) is 0 Å². The molecule has 0 spiro atoms. The van der Waals surface area contributed by atoms with Crippen LogP contribution in [-0.4, -0.2) is 53.2 Å². The average Bonchev–Trinajstić information content (AvgIpc) is 2.65. The average molecular weight is 388 g/mol. The van der Waals surface area contributed by atoms with Gasteiger partial charge in [-0.3, -0.25) is 4.90 Å². The molecule has 1 aliphatic rings. The Morgan fingerprint density at radius 3 is 2.14 bits per heavy atom. The molecule has 0 unspecified atom stereocenters. The molecule has 6 nitrogen and oxygen atoms in total. The van der Waals surface area contributed by atoms with Gasteiger partial charge in [0.05, 0.1) is 0 Å². The summed E-state index contributed by atoms with van der Waals surface area (Å²) in [7, 11) is 0. The Morgan fingerprint density at radius 2 is 1.57 bits per heavy atom. The summed E-state index contributed by atoms with van der Waals surface area (Å²) in [6.45, 7) is 9.29. The Labute approximate surface area is 163 Å². The van der Waals surface area contributed by atoms with Crippen molar-refractivity contribution >= 4 is 17.6 Å².